The molecule has 2 nitrogen and oxygen atoms in total. The van der Waals surface area contributed by atoms with Crippen molar-refractivity contribution in [2.24, 2.45) is 0 Å². The molecule has 1 aromatic carbocycles. The Morgan fingerprint density at radius 3 is 2.59 bits per heavy atom. The van der Waals surface area contributed by atoms with Gasteiger partial charge in [-0.25, -0.2) is 8.78 Å². The van der Waals surface area contributed by atoms with Gasteiger partial charge in [0.1, 0.15) is 11.6 Å². The fourth-order valence-corrected chi connectivity index (χ4v) is 2.25. The molecule has 0 radical (unpaired) electrons. The maximum Gasteiger partial charge on any atom is 0.130 e. The molecule has 2 aliphatic rings. The summed E-state index contributed by atoms with van der Waals surface area (Å²) in [6, 6.07) is 4.39. The maximum atomic E-state index is 13.8. The van der Waals surface area contributed by atoms with E-state index in [0.717, 1.165) is 6.07 Å². The van der Waals surface area contributed by atoms with E-state index < -0.39 is 11.6 Å². The van der Waals surface area contributed by atoms with Crippen LogP contribution in [0.4, 0.5) is 8.78 Å². The first-order valence-electron chi connectivity index (χ1n) is 5.96. The lowest BCUT2D eigenvalue weighted by Gasteiger charge is -2.42. The summed E-state index contributed by atoms with van der Waals surface area (Å²) in [6.45, 7) is 1.73. The summed E-state index contributed by atoms with van der Waals surface area (Å²) in [5.41, 5.74) is 0.263. The van der Waals surface area contributed by atoms with Crippen LogP contribution in [0.5, 0.6) is 0 Å². The Kier molecular flexibility index (Phi) is 2.64. The van der Waals surface area contributed by atoms with Crippen molar-refractivity contribution in [1.82, 2.24) is 5.32 Å². The quantitative estimate of drug-likeness (QED) is 0.867. The number of ether oxygens (including phenoxy) is 1. The second kappa shape index (κ2) is 4.03. The molecule has 2 fully saturated rings. The third-order valence-electron chi connectivity index (χ3n) is 3.57. The molecule has 4 heteroatoms. The summed E-state index contributed by atoms with van der Waals surface area (Å²) in [4.78, 5) is 0. The van der Waals surface area contributed by atoms with Crippen molar-refractivity contribution in [2.75, 3.05) is 19.8 Å². The summed E-state index contributed by atoms with van der Waals surface area (Å²) in [7, 11) is 0. The maximum absolute atomic E-state index is 13.8. The fraction of sp³-hybridized carbons (Fsp3) is 0.538. The molecule has 3 rings (SSSR count). The third-order valence-corrected chi connectivity index (χ3v) is 3.57. The first-order chi connectivity index (χ1) is 8.20. The highest BCUT2D eigenvalue weighted by Gasteiger charge is 2.43. The average Bonchev–Trinajstić information content (AvgIpc) is 3.02. The molecule has 0 unspecified atom stereocenters. The Morgan fingerprint density at radius 2 is 2.06 bits per heavy atom. The topological polar surface area (TPSA) is 21.3 Å². The number of rotatable bonds is 4. The molecule has 0 amide bonds. The van der Waals surface area contributed by atoms with Gasteiger partial charge >= 0.3 is 0 Å². The molecular weight excluding hydrogens is 224 g/mol. The van der Waals surface area contributed by atoms with E-state index in [9.17, 15) is 8.78 Å². The first-order valence-corrected chi connectivity index (χ1v) is 5.96. The highest BCUT2D eigenvalue weighted by Crippen LogP contribution is 2.34. The monoisotopic (exact) mass is 239 g/mol. The Bertz CT molecular complexity index is 427. The lowest BCUT2D eigenvalue weighted by molar-refractivity contribution is -0.0607. The van der Waals surface area contributed by atoms with Crippen molar-refractivity contribution in [2.45, 2.75) is 24.3 Å². The highest BCUT2D eigenvalue weighted by molar-refractivity contribution is 5.31. The van der Waals surface area contributed by atoms with Crippen molar-refractivity contribution >= 4 is 0 Å². The highest BCUT2D eigenvalue weighted by atomic mass is 19.1. The van der Waals surface area contributed by atoms with E-state index in [4.69, 9.17) is 4.74 Å². The van der Waals surface area contributed by atoms with E-state index >= 15 is 0 Å². The van der Waals surface area contributed by atoms with Crippen LogP contribution in [0.1, 0.15) is 18.4 Å². The molecule has 1 heterocycles. The Balaban J connectivity index is 1.82. The van der Waals surface area contributed by atoms with Crippen LogP contribution in [0.15, 0.2) is 18.2 Å². The predicted molar refractivity (Wildman–Crippen MR) is 59.9 cm³/mol. The average molecular weight is 239 g/mol. The SMILES string of the molecule is Fc1ccc(C2(CNC3CC3)COC2)c(F)c1. The lowest BCUT2D eigenvalue weighted by Crippen LogP contribution is -2.54. The van der Waals surface area contributed by atoms with Crippen molar-refractivity contribution in [1.29, 1.82) is 0 Å². The van der Waals surface area contributed by atoms with Gasteiger partial charge in [0.15, 0.2) is 0 Å². The molecule has 0 atom stereocenters. The summed E-state index contributed by atoms with van der Waals surface area (Å²) >= 11 is 0. The zero-order valence-electron chi connectivity index (χ0n) is 9.51. The summed E-state index contributed by atoms with van der Waals surface area (Å²) in [6.07, 6.45) is 2.39. The Morgan fingerprint density at radius 1 is 1.29 bits per heavy atom. The predicted octanol–water partition coefficient (Wildman–Crippen LogP) is 1.98. The van der Waals surface area contributed by atoms with Crippen LogP contribution in [-0.4, -0.2) is 25.8 Å². The minimum atomic E-state index is -0.531. The zero-order chi connectivity index (χ0) is 11.9. The van der Waals surface area contributed by atoms with Gasteiger partial charge in [-0.05, 0) is 18.9 Å². The molecule has 1 aliphatic carbocycles. The van der Waals surface area contributed by atoms with Gasteiger partial charge in [0.05, 0.1) is 18.6 Å². The van der Waals surface area contributed by atoms with E-state index in [1.54, 1.807) is 6.07 Å². The van der Waals surface area contributed by atoms with Gasteiger partial charge < -0.3 is 10.1 Å². The molecule has 1 N–H and O–H groups in total. The molecule has 0 aromatic heterocycles. The molecule has 0 spiro atoms. The van der Waals surface area contributed by atoms with Crippen LogP contribution in [0.3, 0.4) is 0 Å². The van der Waals surface area contributed by atoms with Crippen molar-refractivity contribution in [3.05, 3.63) is 35.4 Å². The van der Waals surface area contributed by atoms with Crippen molar-refractivity contribution in [3.63, 3.8) is 0 Å². The van der Waals surface area contributed by atoms with Gasteiger partial charge in [0.2, 0.25) is 0 Å². The number of nitrogens with one attached hydrogen (secondary N) is 1. The summed E-state index contributed by atoms with van der Waals surface area (Å²) in [5, 5.41) is 3.40. The van der Waals surface area contributed by atoms with Crippen molar-refractivity contribution < 1.29 is 13.5 Å². The normalized spacial score (nSPS) is 22.2. The number of hydrogen-bond acceptors (Lipinski definition) is 2. The number of halogens is 2. The molecular formula is C13H15F2NO. The minimum Gasteiger partial charge on any atom is -0.379 e. The van der Waals surface area contributed by atoms with Gasteiger partial charge in [-0.15, -0.1) is 0 Å². The number of benzene rings is 1. The smallest absolute Gasteiger partial charge is 0.130 e. The standard InChI is InChI=1S/C13H15F2NO/c14-9-1-4-11(12(15)5-9)13(7-17-8-13)6-16-10-2-3-10/h1,4-5,10,16H,2-3,6-8H2. The van der Waals surface area contributed by atoms with E-state index in [-0.39, 0.29) is 5.41 Å². The lowest BCUT2D eigenvalue weighted by atomic mass is 9.78. The van der Waals surface area contributed by atoms with Crippen LogP contribution in [-0.2, 0) is 10.2 Å². The molecule has 0 bridgehead atoms. The Labute approximate surface area is 99.0 Å². The second-order valence-electron chi connectivity index (χ2n) is 5.05. The Hall–Kier alpha value is -1.00. The molecule has 1 aliphatic heterocycles. The van der Waals surface area contributed by atoms with Gasteiger partial charge in [-0.1, -0.05) is 6.07 Å². The van der Waals surface area contributed by atoms with Crippen LogP contribution < -0.4 is 5.32 Å². The number of hydrogen-bond donors (Lipinski definition) is 1. The van der Waals surface area contributed by atoms with E-state index in [2.05, 4.69) is 5.32 Å². The van der Waals surface area contributed by atoms with Gasteiger partial charge in [-0.3, -0.25) is 0 Å². The second-order valence-corrected chi connectivity index (χ2v) is 5.05. The minimum absolute atomic E-state index is 0.305. The fourth-order valence-electron chi connectivity index (χ4n) is 2.25. The van der Waals surface area contributed by atoms with E-state index in [0.29, 0.717) is 31.4 Å². The van der Waals surface area contributed by atoms with Gasteiger partial charge in [-0.2, -0.15) is 0 Å². The van der Waals surface area contributed by atoms with Crippen LogP contribution in [0.2, 0.25) is 0 Å². The first kappa shape index (κ1) is 11.1. The van der Waals surface area contributed by atoms with Crippen LogP contribution in [0.25, 0.3) is 0 Å². The van der Waals surface area contributed by atoms with Gasteiger partial charge in [0.25, 0.3) is 0 Å². The molecule has 92 valence electrons. The largest absolute Gasteiger partial charge is 0.379 e. The summed E-state index contributed by atoms with van der Waals surface area (Å²) < 4.78 is 31.9. The van der Waals surface area contributed by atoms with E-state index in [1.807, 2.05) is 0 Å². The van der Waals surface area contributed by atoms with Crippen LogP contribution >= 0.6 is 0 Å². The van der Waals surface area contributed by atoms with E-state index in [1.165, 1.54) is 18.9 Å². The van der Waals surface area contributed by atoms with Gasteiger partial charge in [0, 0.05) is 24.2 Å². The summed E-state index contributed by atoms with van der Waals surface area (Å²) in [5.74, 6) is -0.998. The molecule has 1 saturated heterocycles. The van der Waals surface area contributed by atoms with Crippen LogP contribution in [0, 0.1) is 11.6 Å². The van der Waals surface area contributed by atoms with Crippen molar-refractivity contribution in [3.8, 4) is 0 Å². The molecule has 17 heavy (non-hydrogen) atoms. The molecule has 1 saturated carbocycles. The zero-order valence-corrected chi connectivity index (χ0v) is 9.51. The third kappa shape index (κ3) is 2.07. The molecule has 1 aromatic rings.